The van der Waals surface area contributed by atoms with Gasteiger partial charge in [-0.05, 0) is 77.4 Å². The summed E-state index contributed by atoms with van der Waals surface area (Å²) in [4.78, 5) is 21.0. The van der Waals surface area contributed by atoms with E-state index in [9.17, 15) is 36.4 Å². The summed E-state index contributed by atoms with van der Waals surface area (Å²) in [6, 6.07) is 20.3. The lowest BCUT2D eigenvalue weighted by molar-refractivity contribution is -0.276. The summed E-state index contributed by atoms with van der Waals surface area (Å²) in [5.74, 6) is -0.556. The van der Waals surface area contributed by atoms with Crippen LogP contribution < -0.4 is 0 Å². The largest absolute Gasteiger partial charge is 0.461 e. The molecule has 2 aliphatic heterocycles. The number of oxime groups is 2. The van der Waals surface area contributed by atoms with Gasteiger partial charge in [-0.1, -0.05) is 84.8 Å². The number of ether oxygens (including phenoxy) is 1. The molecule has 6 rings (SSSR count). The van der Waals surface area contributed by atoms with E-state index in [4.69, 9.17) is 66.1 Å². The van der Waals surface area contributed by atoms with Crippen LogP contribution >= 0.6 is 62.3 Å². The van der Waals surface area contributed by atoms with Gasteiger partial charge >= 0.3 is 18.3 Å². The molecular formula is C38H23BrCl4F6N4O4. The Kier molecular flexibility index (Phi) is 13.1. The van der Waals surface area contributed by atoms with Gasteiger partial charge in [-0.15, -0.1) is 0 Å². The van der Waals surface area contributed by atoms with Crippen LogP contribution in [-0.2, 0) is 42.3 Å². The molecule has 0 aromatic heterocycles. The van der Waals surface area contributed by atoms with Crippen molar-refractivity contribution < 1.29 is 45.5 Å². The average molecular weight is 935 g/mol. The number of hydrogen-bond donors (Lipinski definition) is 0. The van der Waals surface area contributed by atoms with E-state index in [1.165, 1.54) is 55.5 Å². The van der Waals surface area contributed by atoms with E-state index in [1.54, 1.807) is 12.1 Å². The van der Waals surface area contributed by atoms with Gasteiger partial charge in [0.05, 0.1) is 34.7 Å². The number of benzene rings is 4. The minimum atomic E-state index is -4.82. The van der Waals surface area contributed by atoms with E-state index < -0.39 is 42.4 Å². The Bertz CT molecular complexity index is 2340. The lowest BCUT2D eigenvalue weighted by Gasteiger charge is -2.29. The first-order chi connectivity index (χ1) is 26.7. The van der Waals surface area contributed by atoms with Crippen molar-refractivity contribution in [3.05, 3.63) is 137 Å². The highest BCUT2D eigenvalue weighted by Crippen LogP contribution is 2.51. The molecule has 0 spiro atoms. The van der Waals surface area contributed by atoms with Gasteiger partial charge in [-0.2, -0.15) is 36.9 Å². The van der Waals surface area contributed by atoms with Crippen molar-refractivity contribution in [2.45, 2.75) is 55.3 Å². The highest BCUT2D eigenvalue weighted by atomic mass is 79.9. The molecule has 0 N–H and O–H groups in total. The molecule has 8 nitrogen and oxygen atoms in total. The second-order valence-corrected chi connectivity index (χ2v) is 14.8. The molecule has 0 radical (unpaired) electrons. The van der Waals surface area contributed by atoms with Crippen LogP contribution in [-0.4, -0.2) is 29.7 Å². The summed E-state index contributed by atoms with van der Waals surface area (Å²) in [5, 5.41) is 26.3. The zero-order valence-corrected chi connectivity index (χ0v) is 33.4. The Hall–Kier alpha value is -4.51. The molecule has 2 atom stereocenters. The number of nitrogens with zero attached hydrogens (tertiary/aromatic N) is 4. The highest BCUT2D eigenvalue weighted by Gasteiger charge is 2.63. The topological polar surface area (TPSA) is 117 Å². The molecule has 2 heterocycles. The number of esters is 1. The van der Waals surface area contributed by atoms with E-state index in [0.29, 0.717) is 33.1 Å². The first-order valence-electron chi connectivity index (χ1n) is 16.1. The van der Waals surface area contributed by atoms with Crippen LogP contribution in [0.2, 0.25) is 20.1 Å². The van der Waals surface area contributed by atoms with E-state index in [-0.39, 0.29) is 54.8 Å². The number of halogens is 11. The fourth-order valence-electron chi connectivity index (χ4n) is 5.87. The molecule has 4 aromatic rings. The van der Waals surface area contributed by atoms with Gasteiger partial charge in [0, 0.05) is 61.9 Å². The number of rotatable bonds is 7. The molecule has 0 bridgehead atoms. The zero-order chi connectivity index (χ0) is 41.9. The Morgan fingerprint density at radius 3 is 1.46 bits per heavy atom. The van der Waals surface area contributed by atoms with Crippen molar-refractivity contribution >= 4 is 79.7 Å². The standard InChI is InChI=1S/C20H13Cl2F3N2O3.C18H10BrCl2F3N2O/c1-11(28)29-10-14-4-12(2-3-13(14)9-26)18-8-19(30-27-18,20(23,24)25)15-5-16(21)7-17(22)6-15;19-8-12-3-10(1-2-11(12)9-25)16-7-17(27-26-16,18(22,23)24)13-4-14(20)6-15(21)5-13/h2-7H,8,10H2,1H3;1-6H,7-8H2. The molecule has 19 heteroatoms. The van der Waals surface area contributed by atoms with Gasteiger partial charge in [0.25, 0.3) is 11.2 Å². The first kappa shape index (κ1) is 43.6. The van der Waals surface area contributed by atoms with Crippen LogP contribution in [0.4, 0.5) is 26.3 Å². The molecule has 0 aliphatic carbocycles. The van der Waals surface area contributed by atoms with Crippen LogP contribution in [0.5, 0.6) is 0 Å². The molecule has 296 valence electrons. The van der Waals surface area contributed by atoms with Gasteiger partial charge in [-0.25, -0.2) is 0 Å². The SMILES string of the molecule is CC(=O)OCc1cc(C2=NOC(c3cc(Cl)cc(Cl)c3)(C(F)(F)F)C2)ccc1C#N.N#Cc1ccc(C2=NOC(c3cc(Cl)cc(Cl)c3)(C(F)(F)F)C2)cc1CBr. The third-order valence-corrected chi connectivity index (χ3v) is 10.2. The summed E-state index contributed by atoms with van der Waals surface area (Å²) in [6.45, 7) is 1.01. The van der Waals surface area contributed by atoms with E-state index in [1.807, 2.05) is 12.1 Å². The summed E-state index contributed by atoms with van der Waals surface area (Å²) in [6.07, 6.45) is -10.7. The highest BCUT2D eigenvalue weighted by molar-refractivity contribution is 9.08. The Labute approximate surface area is 349 Å². The maximum atomic E-state index is 14.1. The van der Waals surface area contributed by atoms with Crippen molar-refractivity contribution in [1.82, 2.24) is 0 Å². The predicted molar refractivity (Wildman–Crippen MR) is 203 cm³/mol. The molecule has 4 aromatic carbocycles. The van der Waals surface area contributed by atoms with Crippen LogP contribution in [0.1, 0.15) is 64.3 Å². The first-order valence-corrected chi connectivity index (χ1v) is 18.7. The normalized spacial score (nSPS) is 18.8. The van der Waals surface area contributed by atoms with Gasteiger partial charge in [0.2, 0.25) is 0 Å². The van der Waals surface area contributed by atoms with Crippen LogP contribution in [0.15, 0.2) is 83.1 Å². The Morgan fingerprint density at radius 1 is 0.719 bits per heavy atom. The molecule has 0 saturated heterocycles. The second-order valence-electron chi connectivity index (χ2n) is 12.5. The Morgan fingerprint density at radius 2 is 1.11 bits per heavy atom. The van der Waals surface area contributed by atoms with Crippen LogP contribution in [0.3, 0.4) is 0 Å². The third-order valence-electron chi connectivity index (χ3n) is 8.72. The Balaban J connectivity index is 0.000000219. The minimum Gasteiger partial charge on any atom is -0.461 e. The van der Waals surface area contributed by atoms with Crippen molar-refractivity contribution in [2.75, 3.05) is 0 Å². The molecule has 2 unspecified atom stereocenters. The van der Waals surface area contributed by atoms with Gasteiger partial charge in [0.15, 0.2) is 0 Å². The smallest absolute Gasteiger partial charge is 0.435 e. The van der Waals surface area contributed by atoms with E-state index in [2.05, 4.69) is 26.2 Å². The second kappa shape index (κ2) is 17.1. The van der Waals surface area contributed by atoms with Crippen molar-refractivity contribution in [3.63, 3.8) is 0 Å². The lowest BCUT2D eigenvalue weighted by Crippen LogP contribution is -2.42. The monoisotopic (exact) mass is 932 g/mol. The third kappa shape index (κ3) is 9.29. The summed E-state index contributed by atoms with van der Waals surface area (Å²) in [7, 11) is 0. The number of alkyl halides is 7. The fraction of sp³-hybridized carbons (Fsp3) is 0.237. The molecule has 0 saturated carbocycles. The minimum absolute atomic E-state index is 0.0111. The van der Waals surface area contributed by atoms with Gasteiger partial charge in [-0.3, -0.25) is 4.79 Å². The molecular weight excluding hydrogens is 912 g/mol. The van der Waals surface area contributed by atoms with E-state index >= 15 is 0 Å². The summed E-state index contributed by atoms with van der Waals surface area (Å²) < 4.78 is 89.1. The van der Waals surface area contributed by atoms with Crippen LogP contribution in [0, 0.1) is 22.7 Å². The maximum Gasteiger partial charge on any atom is 0.435 e. The zero-order valence-electron chi connectivity index (χ0n) is 28.8. The van der Waals surface area contributed by atoms with Crippen molar-refractivity contribution in [3.8, 4) is 12.1 Å². The summed E-state index contributed by atoms with van der Waals surface area (Å²) >= 11 is 26.8. The van der Waals surface area contributed by atoms with Gasteiger partial charge < -0.3 is 14.4 Å². The van der Waals surface area contributed by atoms with Gasteiger partial charge in [0.1, 0.15) is 6.61 Å². The van der Waals surface area contributed by atoms with E-state index in [0.717, 1.165) is 12.1 Å². The molecule has 0 fully saturated rings. The van der Waals surface area contributed by atoms with Crippen molar-refractivity contribution in [2.24, 2.45) is 10.3 Å². The van der Waals surface area contributed by atoms with Crippen molar-refractivity contribution in [1.29, 1.82) is 10.5 Å². The predicted octanol–water partition coefficient (Wildman–Crippen LogP) is 11.9. The average Bonchev–Trinajstić information content (AvgIpc) is 3.81. The molecule has 2 aliphatic rings. The van der Waals surface area contributed by atoms with Crippen LogP contribution in [0.25, 0.3) is 0 Å². The molecule has 0 amide bonds. The quantitative estimate of drug-likeness (QED) is 0.103. The number of hydrogen-bond acceptors (Lipinski definition) is 8. The summed E-state index contributed by atoms with van der Waals surface area (Å²) in [5.41, 5.74) is -3.43. The lowest BCUT2D eigenvalue weighted by atomic mass is 9.86. The maximum absolute atomic E-state index is 14.1. The number of nitriles is 2. The number of carbonyl (C=O) groups is 1. The number of carbonyl (C=O) groups excluding carboxylic acids is 1. The molecule has 57 heavy (non-hydrogen) atoms. The fourth-order valence-corrected chi connectivity index (χ4v) is 7.38.